The molecule has 0 aliphatic rings. The second-order valence-electron chi connectivity index (χ2n) is 9.76. The molecular formula is C31H34FN5O4. The van der Waals surface area contributed by atoms with Crippen LogP contribution in [0.15, 0.2) is 72.9 Å². The van der Waals surface area contributed by atoms with Crippen LogP contribution in [-0.4, -0.2) is 54.5 Å². The van der Waals surface area contributed by atoms with Crippen molar-refractivity contribution in [3.05, 3.63) is 84.6 Å². The predicted molar refractivity (Wildman–Crippen MR) is 156 cm³/mol. The predicted octanol–water partition coefficient (Wildman–Crippen LogP) is 5.55. The summed E-state index contributed by atoms with van der Waals surface area (Å²) in [4.78, 5) is 25.7. The summed E-state index contributed by atoms with van der Waals surface area (Å²) >= 11 is 0. The van der Waals surface area contributed by atoms with Gasteiger partial charge in [0.1, 0.15) is 11.6 Å². The van der Waals surface area contributed by atoms with Crippen molar-refractivity contribution in [2.45, 2.75) is 51.7 Å². The van der Waals surface area contributed by atoms with E-state index in [4.69, 9.17) is 14.7 Å². The van der Waals surface area contributed by atoms with Crippen LogP contribution in [0.1, 0.15) is 45.4 Å². The highest BCUT2D eigenvalue weighted by atomic mass is 19.1. The molecule has 2 aromatic heterocycles. The van der Waals surface area contributed by atoms with Crippen molar-refractivity contribution in [2.75, 3.05) is 11.9 Å². The minimum Gasteiger partial charge on any atom is -0.466 e. The van der Waals surface area contributed by atoms with Crippen LogP contribution in [0.4, 0.5) is 16.0 Å². The van der Waals surface area contributed by atoms with Crippen molar-refractivity contribution < 1.29 is 24.1 Å². The normalized spacial score (nSPS) is 13.0. The van der Waals surface area contributed by atoms with E-state index < -0.39 is 18.2 Å². The number of esters is 1. The number of aliphatic hydroxyl groups is 2. The number of hydrogen-bond acceptors (Lipinski definition) is 8. The van der Waals surface area contributed by atoms with Crippen LogP contribution in [0.2, 0.25) is 0 Å². The first-order valence-electron chi connectivity index (χ1n) is 13.5. The van der Waals surface area contributed by atoms with E-state index in [0.717, 1.165) is 5.69 Å². The van der Waals surface area contributed by atoms with Crippen molar-refractivity contribution in [1.29, 1.82) is 0 Å². The lowest BCUT2D eigenvalue weighted by Crippen LogP contribution is -2.20. The molecule has 214 valence electrons. The Morgan fingerprint density at radius 3 is 2.49 bits per heavy atom. The minimum atomic E-state index is -1.07. The average molecular weight is 560 g/mol. The molecule has 41 heavy (non-hydrogen) atoms. The van der Waals surface area contributed by atoms with Crippen LogP contribution >= 0.6 is 0 Å². The molecule has 2 aromatic carbocycles. The van der Waals surface area contributed by atoms with Gasteiger partial charge in [0.2, 0.25) is 5.95 Å². The van der Waals surface area contributed by atoms with Crippen LogP contribution in [0.3, 0.4) is 0 Å². The van der Waals surface area contributed by atoms with E-state index in [-0.39, 0.29) is 31.2 Å². The molecule has 0 aliphatic heterocycles. The molecule has 4 rings (SSSR count). The first-order valence-corrected chi connectivity index (χ1v) is 13.5. The largest absolute Gasteiger partial charge is 0.466 e. The van der Waals surface area contributed by atoms with E-state index in [2.05, 4.69) is 10.3 Å². The second-order valence-corrected chi connectivity index (χ2v) is 9.76. The topological polar surface area (TPSA) is 122 Å². The number of aliphatic hydroxyl groups excluding tert-OH is 2. The second kappa shape index (κ2) is 13.8. The Hall–Kier alpha value is -4.41. The number of aromatic nitrogens is 4. The molecule has 9 nitrogen and oxygen atoms in total. The number of hydrogen-bond donors (Lipinski definition) is 3. The summed E-state index contributed by atoms with van der Waals surface area (Å²) in [6.07, 6.45) is 2.47. The highest BCUT2D eigenvalue weighted by Crippen LogP contribution is 2.35. The number of carbonyl (C=O) groups is 1. The van der Waals surface area contributed by atoms with Crippen LogP contribution in [0.5, 0.6) is 0 Å². The van der Waals surface area contributed by atoms with Crippen LogP contribution in [0, 0.1) is 5.82 Å². The standard InChI is InChI=1S/C31H34FN5O4/c1-4-41-27(40)19-25(39)18-24(38)15-17-37-29(26-14-16-33-31(35-26)34-23-8-6-5-7-9-23)28(36-30(37)20(2)3)21-10-12-22(32)13-11-21/h5-17,20,24-25,38-39H,4,18-19H2,1-3H3,(H,33,34,35)/b17-15+. The molecule has 0 saturated carbocycles. The van der Waals surface area contributed by atoms with Crippen LogP contribution < -0.4 is 5.32 Å². The molecule has 0 fully saturated rings. The lowest BCUT2D eigenvalue weighted by molar-refractivity contribution is -0.145. The molecular weight excluding hydrogens is 525 g/mol. The lowest BCUT2D eigenvalue weighted by atomic mass is 10.1. The van der Waals surface area contributed by atoms with Crippen molar-refractivity contribution in [3.63, 3.8) is 0 Å². The maximum atomic E-state index is 13.8. The Labute approximate surface area is 238 Å². The first kappa shape index (κ1) is 29.6. The molecule has 0 amide bonds. The SMILES string of the molecule is CCOC(=O)CC(O)CC(O)/C=C/n1c(C(C)C)nc(-c2ccc(F)cc2)c1-c1ccnc(Nc2ccccc2)n1. The van der Waals surface area contributed by atoms with Gasteiger partial charge in [0.15, 0.2) is 0 Å². The Kier molecular flexibility index (Phi) is 9.94. The average Bonchev–Trinajstić information content (AvgIpc) is 3.33. The zero-order valence-corrected chi connectivity index (χ0v) is 23.2. The summed E-state index contributed by atoms with van der Waals surface area (Å²) < 4.78 is 20.5. The van der Waals surface area contributed by atoms with Gasteiger partial charge in [0, 0.05) is 36.0 Å². The summed E-state index contributed by atoms with van der Waals surface area (Å²) in [6.45, 7) is 5.90. The third-order valence-corrected chi connectivity index (χ3v) is 6.18. The number of imidazole rings is 1. The first-order chi connectivity index (χ1) is 19.7. The third kappa shape index (κ3) is 7.84. The van der Waals surface area contributed by atoms with Crippen molar-refractivity contribution >= 4 is 23.8 Å². The van der Waals surface area contributed by atoms with E-state index in [0.29, 0.717) is 34.4 Å². The van der Waals surface area contributed by atoms with Gasteiger partial charge < -0.3 is 24.8 Å². The molecule has 0 saturated heterocycles. The monoisotopic (exact) mass is 559 g/mol. The number of anilines is 2. The number of benzene rings is 2. The number of halogens is 1. The van der Waals surface area contributed by atoms with Gasteiger partial charge in [-0.2, -0.15) is 0 Å². The van der Waals surface area contributed by atoms with E-state index in [9.17, 15) is 19.4 Å². The van der Waals surface area contributed by atoms with Gasteiger partial charge in [0.05, 0.1) is 42.3 Å². The minimum absolute atomic E-state index is 0.0251. The fourth-order valence-corrected chi connectivity index (χ4v) is 4.30. The highest BCUT2D eigenvalue weighted by molar-refractivity contribution is 5.79. The van der Waals surface area contributed by atoms with Crippen LogP contribution in [-0.2, 0) is 9.53 Å². The molecule has 2 atom stereocenters. The Morgan fingerprint density at radius 2 is 1.80 bits per heavy atom. The molecule has 2 unspecified atom stereocenters. The van der Waals surface area contributed by atoms with E-state index in [1.807, 2.05) is 48.7 Å². The van der Waals surface area contributed by atoms with Gasteiger partial charge in [-0.1, -0.05) is 32.0 Å². The summed E-state index contributed by atoms with van der Waals surface area (Å²) in [5.74, 6) is 0.153. The summed E-state index contributed by atoms with van der Waals surface area (Å²) in [5, 5.41) is 24.1. The number of nitrogens with zero attached hydrogens (tertiary/aromatic N) is 4. The van der Waals surface area contributed by atoms with Gasteiger partial charge in [0.25, 0.3) is 0 Å². The molecule has 4 aromatic rings. The zero-order chi connectivity index (χ0) is 29.4. The Morgan fingerprint density at radius 1 is 1.07 bits per heavy atom. The van der Waals surface area contributed by atoms with Gasteiger partial charge in [-0.15, -0.1) is 0 Å². The number of nitrogens with one attached hydrogen (secondary N) is 1. The summed E-state index contributed by atoms with van der Waals surface area (Å²) in [7, 11) is 0. The zero-order valence-electron chi connectivity index (χ0n) is 23.2. The lowest BCUT2D eigenvalue weighted by Gasteiger charge is -2.14. The van der Waals surface area contributed by atoms with Crippen LogP contribution in [0.25, 0.3) is 28.8 Å². The van der Waals surface area contributed by atoms with E-state index in [1.54, 1.807) is 37.5 Å². The van der Waals surface area contributed by atoms with E-state index in [1.165, 1.54) is 18.2 Å². The molecule has 0 radical (unpaired) electrons. The molecule has 0 aliphatic carbocycles. The number of para-hydroxylation sites is 1. The van der Waals surface area contributed by atoms with Gasteiger partial charge >= 0.3 is 5.97 Å². The summed E-state index contributed by atoms with van der Waals surface area (Å²) in [5.41, 5.74) is 3.27. The Bertz CT molecular complexity index is 1470. The smallest absolute Gasteiger partial charge is 0.308 e. The fraction of sp³-hybridized carbons (Fsp3) is 0.290. The third-order valence-electron chi connectivity index (χ3n) is 6.18. The maximum Gasteiger partial charge on any atom is 0.308 e. The van der Waals surface area contributed by atoms with Gasteiger partial charge in [-0.05, 0) is 55.5 Å². The number of ether oxygens (including phenoxy) is 1. The Balaban J connectivity index is 1.75. The molecule has 2 heterocycles. The van der Waals surface area contributed by atoms with Crippen molar-refractivity contribution in [3.8, 4) is 22.6 Å². The molecule has 0 spiro atoms. The van der Waals surface area contributed by atoms with E-state index >= 15 is 0 Å². The van der Waals surface area contributed by atoms with Gasteiger partial charge in [-0.3, -0.25) is 4.79 Å². The summed E-state index contributed by atoms with van der Waals surface area (Å²) in [6, 6.07) is 17.4. The van der Waals surface area contributed by atoms with Crippen molar-refractivity contribution in [2.24, 2.45) is 0 Å². The molecule has 0 bridgehead atoms. The maximum absolute atomic E-state index is 13.8. The molecule has 10 heteroatoms. The number of rotatable bonds is 12. The quantitative estimate of drug-likeness (QED) is 0.193. The molecule has 3 N–H and O–H groups in total. The highest BCUT2D eigenvalue weighted by Gasteiger charge is 2.23. The van der Waals surface area contributed by atoms with Crippen molar-refractivity contribution in [1.82, 2.24) is 19.5 Å². The number of carbonyl (C=O) groups excluding carboxylic acids is 1. The van der Waals surface area contributed by atoms with Gasteiger partial charge in [-0.25, -0.2) is 19.3 Å². The fourth-order valence-electron chi connectivity index (χ4n) is 4.30.